The second kappa shape index (κ2) is 20.8. The molecular formula is C36H62. The Morgan fingerprint density at radius 1 is 0.417 bits per heavy atom. The second-order valence-corrected chi connectivity index (χ2v) is 10.9. The molecule has 0 N–H and O–H groups in total. The number of hydrogen-bond acceptors (Lipinski definition) is 0. The van der Waals surface area contributed by atoms with Crippen molar-refractivity contribution >= 4 is 0 Å². The number of hydrogen-bond donors (Lipinski definition) is 0. The molecule has 0 spiro atoms. The Kier molecular flexibility index (Phi) is 23.6. The predicted molar refractivity (Wildman–Crippen MR) is 172 cm³/mol. The van der Waals surface area contributed by atoms with E-state index in [0.29, 0.717) is 0 Å². The third kappa shape index (κ3) is 19.9. The Bertz CT molecular complexity index is 782. The average Bonchev–Trinajstić information content (AvgIpc) is 2.75. The quantitative estimate of drug-likeness (QED) is 0.315. The summed E-state index contributed by atoms with van der Waals surface area (Å²) < 4.78 is 0. The van der Waals surface area contributed by atoms with Crippen LogP contribution in [0.1, 0.15) is 118 Å². The lowest BCUT2D eigenvalue weighted by atomic mass is 9.87. The minimum Gasteiger partial charge on any atom is -0.0776 e. The first-order valence-electron chi connectivity index (χ1n) is 12.5. The van der Waals surface area contributed by atoms with Gasteiger partial charge in [0, 0.05) is 0 Å². The summed E-state index contributed by atoms with van der Waals surface area (Å²) in [4.78, 5) is 0. The summed E-state index contributed by atoms with van der Waals surface area (Å²) in [6.07, 6.45) is 2.64. The molecule has 3 aromatic carbocycles. The monoisotopic (exact) mass is 494 g/mol. The highest BCUT2D eigenvalue weighted by molar-refractivity contribution is 5.27. The molecule has 3 rings (SSSR count). The maximum absolute atomic E-state index is 2.23. The van der Waals surface area contributed by atoms with Crippen molar-refractivity contribution in [2.24, 2.45) is 0 Å². The van der Waals surface area contributed by atoms with E-state index in [-0.39, 0.29) is 33.1 Å². The standard InChI is InChI=1S/2C11H16.C7H8.C4H10.3CH4/c2*1-9-5-7-10(8-6-9)11(2,3)4;1-7-5-3-2-4-6-7;1-3-4-2;;;/h2*5-8H,1-4H3;2-6H,1H3;3-4H2,1-2H3;3*1H4. The largest absolute Gasteiger partial charge is 0.0776 e. The van der Waals surface area contributed by atoms with Gasteiger partial charge in [0.1, 0.15) is 0 Å². The Hall–Kier alpha value is -2.34. The normalized spacial score (nSPS) is 9.64. The van der Waals surface area contributed by atoms with Gasteiger partial charge in [-0.3, -0.25) is 0 Å². The highest BCUT2D eigenvalue weighted by atomic mass is 14.2. The van der Waals surface area contributed by atoms with Crippen LogP contribution in [0.5, 0.6) is 0 Å². The van der Waals surface area contributed by atoms with Crippen LogP contribution < -0.4 is 0 Å². The van der Waals surface area contributed by atoms with Crippen LogP contribution >= 0.6 is 0 Å². The lowest BCUT2D eigenvalue weighted by molar-refractivity contribution is 0.590. The molecule has 0 nitrogen and oxygen atoms in total. The summed E-state index contributed by atoms with van der Waals surface area (Å²) in [7, 11) is 0. The lowest BCUT2D eigenvalue weighted by Crippen LogP contribution is -2.10. The first-order valence-corrected chi connectivity index (χ1v) is 12.5. The third-order valence-electron chi connectivity index (χ3n) is 5.28. The number of rotatable bonds is 1. The van der Waals surface area contributed by atoms with E-state index in [1.165, 1.54) is 40.7 Å². The van der Waals surface area contributed by atoms with E-state index < -0.39 is 0 Å². The summed E-state index contributed by atoms with van der Waals surface area (Å²) >= 11 is 0. The minimum atomic E-state index is 0. The van der Waals surface area contributed by atoms with Gasteiger partial charge in [-0.05, 0) is 42.7 Å². The summed E-state index contributed by atoms with van der Waals surface area (Å²) in [5.41, 5.74) is 7.37. The maximum Gasteiger partial charge on any atom is -0.0132 e. The van der Waals surface area contributed by atoms with Crippen LogP contribution in [-0.2, 0) is 10.8 Å². The van der Waals surface area contributed by atoms with Crippen molar-refractivity contribution in [3.05, 3.63) is 107 Å². The van der Waals surface area contributed by atoms with E-state index in [2.05, 4.69) is 137 Å². The Morgan fingerprint density at radius 2 is 0.667 bits per heavy atom. The highest BCUT2D eigenvalue weighted by Gasteiger charge is 2.12. The van der Waals surface area contributed by atoms with E-state index in [0.717, 1.165) is 0 Å². The summed E-state index contributed by atoms with van der Waals surface area (Å²) in [6.45, 7) is 24.1. The van der Waals surface area contributed by atoms with E-state index in [1.54, 1.807) is 0 Å². The van der Waals surface area contributed by atoms with Gasteiger partial charge in [-0.15, -0.1) is 0 Å². The molecule has 0 saturated heterocycles. The van der Waals surface area contributed by atoms with Crippen molar-refractivity contribution < 1.29 is 0 Å². The van der Waals surface area contributed by atoms with Crippen molar-refractivity contribution in [3.63, 3.8) is 0 Å². The predicted octanol–water partition coefficient (Wildman–Crippen LogP) is 12.3. The van der Waals surface area contributed by atoms with E-state index in [4.69, 9.17) is 0 Å². The maximum atomic E-state index is 2.23. The van der Waals surface area contributed by atoms with Gasteiger partial charge < -0.3 is 0 Å². The summed E-state index contributed by atoms with van der Waals surface area (Å²) in [5, 5.41) is 0. The molecule has 0 aliphatic heterocycles. The summed E-state index contributed by atoms with van der Waals surface area (Å²) in [6, 6.07) is 27.7. The molecule has 0 atom stereocenters. The van der Waals surface area contributed by atoms with Crippen molar-refractivity contribution in [1.29, 1.82) is 0 Å². The Balaban J connectivity index is -0.000000194. The van der Waals surface area contributed by atoms with Gasteiger partial charge in [-0.1, -0.05) is 186 Å². The van der Waals surface area contributed by atoms with Gasteiger partial charge in [0.2, 0.25) is 0 Å². The first-order chi connectivity index (χ1) is 15.3. The molecule has 0 aliphatic carbocycles. The van der Waals surface area contributed by atoms with Crippen molar-refractivity contribution in [2.45, 2.75) is 122 Å². The lowest BCUT2D eigenvalue weighted by Gasteiger charge is -2.18. The van der Waals surface area contributed by atoms with Gasteiger partial charge in [0.15, 0.2) is 0 Å². The van der Waals surface area contributed by atoms with E-state index >= 15 is 0 Å². The SMILES string of the molecule is C.C.C.CCCC.Cc1ccc(C(C)(C)C)cc1.Cc1ccc(C(C)(C)C)cc1.Cc1ccccc1. The molecule has 0 saturated carbocycles. The van der Waals surface area contributed by atoms with Crippen molar-refractivity contribution in [1.82, 2.24) is 0 Å². The van der Waals surface area contributed by atoms with Crippen LogP contribution in [0.3, 0.4) is 0 Å². The average molecular weight is 495 g/mol. The van der Waals surface area contributed by atoms with Gasteiger partial charge >= 0.3 is 0 Å². The molecule has 36 heavy (non-hydrogen) atoms. The molecule has 0 unspecified atom stereocenters. The van der Waals surface area contributed by atoms with E-state index in [9.17, 15) is 0 Å². The topological polar surface area (TPSA) is 0 Å². The molecule has 0 heterocycles. The fraction of sp³-hybridized carbons (Fsp3) is 0.500. The third-order valence-corrected chi connectivity index (χ3v) is 5.28. The van der Waals surface area contributed by atoms with Gasteiger partial charge in [0.05, 0.1) is 0 Å². The first kappa shape index (κ1) is 40.8. The zero-order valence-corrected chi connectivity index (χ0v) is 23.4. The Morgan fingerprint density at radius 3 is 0.833 bits per heavy atom. The van der Waals surface area contributed by atoms with Crippen LogP contribution in [0.2, 0.25) is 0 Å². The molecule has 0 aliphatic rings. The number of benzene rings is 3. The highest BCUT2D eigenvalue weighted by Crippen LogP contribution is 2.22. The number of unbranched alkanes of at least 4 members (excludes halogenated alkanes) is 1. The number of aryl methyl sites for hydroxylation is 3. The fourth-order valence-corrected chi connectivity index (χ4v) is 2.64. The smallest absolute Gasteiger partial charge is 0.0132 e. The molecule has 0 fully saturated rings. The van der Waals surface area contributed by atoms with Gasteiger partial charge in [0.25, 0.3) is 0 Å². The molecule has 3 aromatic rings. The van der Waals surface area contributed by atoms with Crippen molar-refractivity contribution in [3.8, 4) is 0 Å². The molecule has 0 radical (unpaired) electrons. The zero-order chi connectivity index (χ0) is 25.5. The van der Waals surface area contributed by atoms with Crippen molar-refractivity contribution in [2.75, 3.05) is 0 Å². The molecule has 206 valence electrons. The zero-order valence-electron chi connectivity index (χ0n) is 23.4. The van der Waals surface area contributed by atoms with Crippen LogP contribution in [0.15, 0.2) is 78.9 Å². The minimum absolute atomic E-state index is 0. The summed E-state index contributed by atoms with van der Waals surface area (Å²) in [5.74, 6) is 0. The Labute approximate surface area is 228 Å². The van der Waals surface area contributed by atoms with Crippen LogP contribution in [0.25, 0.3) is 0 Å². The van der Waals surface area contributed by atoms with Crippen LogP contribution in [0.4, 0.5) is 0 Å². The van der Waals surface area contributed by atoms with Gasteiger partial charge in [-0.2, -0.15) is 0 Å². The fourth-order valence-electron chi connectivity index (χ4n) is 2.64. The van der Waals surface area contributed by atoms with Crippen LogP contribution in [-0.4, -0.2) is 0 Å². The molecule has 0 heteroatoms. The molecule has 0 bridgehead atoms. The molecule has 0 aromatic heterocycles. The van der Waals surface area contributed by atoms with Crippen LogP contribution in [0, 0.1) is 20.8 Å². The molecular weight excluding hydrogens is 432 g/mol. The van der Waals surface area contributed by atoms with E-state index in [1.807, 2.05) is 18.2 Å². The molecule has 0 amide bonds. The van der Waals surface area contributed by atoms with Gasteiger partial charge in [-0.25, -0.2) is 0 Å². The second-order valence-electron chi connectivity index (χ2n) is 10.9.